The van der Waals surface area contributed by atoms with Gasteiger partial charge < -0.3 is 29.3 Å². The number of ether oxygens (including phenoxy) is 3. The smallest absolute Gasteiger partial charge is 0.166 e. The standard InChI is InChI=1S/C26H27NO5/c1-23-25-11-12-27(2)18(13-14-5-8-17(30-3)22(32-23)19(14)25)24(25)9-10-26(23,31-4)21-16(29)7-6-15(28)20(21)24/h5-10,18,28-29H,11-13H2,1-4H3/t18-,23-,24+,25+,26-/m1/s1. The molecule has 0 radical (unpaired) electrons. The molecule has 4 aliphatic carbocycles. The highest BCUT2D eigenvalue weighted by atomic mass is 16.6. The van der Waals surface area contributed by atoms with Crippen molar-refractivity contribution in [3.63, 3.8) is 0 Å². The van der Waals surface area contributed by atoms with Crippen LogP contribution < -0.4 is 9.47 Å². The van der Waals surface area contributed by atoms with Gasteiger partial charge in [0, 0.05) is 35.3 Å². The SMILES string of the molecule is COc1ccc2c3c1O[C@]1(C)[C@]34CCN(C)[C@H](C2)[C@]42C=C[C@@]1(OC)c1c(O)ccc(O)c12. The van der Waals surface area contributed by atoms with Crippen molar-refractivity contribution < 1.29 is 24.4 Å². The van der Waals surface area contributed by atoms with E-state index in [0.717, 1.165) is 30.7 Å². The van der Waals surface area contributed by atoms with E-state index in [1.807, 2.05) is 6.07 Å². The Balaban J connectivity index is 1.74. The number of phenolic OH excluding ortho intramolecular Hbond substituents is 2. The van der Waals surface area contributed by atoms with Crippen molar-refractivity contribution in [2.45, 2.75) is 47.8 Å². The number of nitrogens with zero attached hydrogens (tertiary/aromatic N) is 1. The van der Waals surface area contributed by atoms with Crippen molar-refractivity contribution in [3.05, 3.63) is 58.7 Å². The van der Waals surface area contributed by atoms with Crippen LogP contribution in [0.1, 0.15) is 35.6 Å². The number of benzene rings is 2. The minimum absolute atomic E-state index is 0.101. The number of hydrogen-bond donors (Lipinski definition) is 2. The fraction of sp³-hybridized carbons (Fsp3) is 0.462. The summed E-state index contributed by atoms with van der Waals surface area (Å²) in [7, 11) is 5.50. The molecule has 8 rings (SSSR count). The first-order valence-electron chi connectivity index (χ1n) is 11.2. The fourth-order valence-corrected chi connectivity index (χ4v) is 8.44. The maximum atomic E-state index is 11.3. The maximum absolute atomic E-state index is 11.3. The van der Waals surface area contributed by atoms with Crippen LogP contribution in [0.3, 0.4) is 0 Å². The van der Waals surface area contributed by atoms with E-state index in [4.69, 9.17) is 14.2 Å². The first-order chi connectivity index (χ1) is 15.3. The molecule has 0 aromatic heterocycles. The molecule has 1 saturated heterocycles. The Hall–Kier alpha value is -2.70. The molecular formula is C26H27NO5. The summed E-state index contributed by atoms with van der Waals surface area (Å²) >= 11 is 0. The third-order valence-corrected chi connectivity index (χ3v) is 9.55. The molecule has 32 heavy (non-hydrogen) atoms. The summed E-state index contributed by atoms with van der Waals surface area (Å²) in [5.41, 5.74) is 0.898. The molecule has 166 valence electrons. The predicted molar refractivity (Wildman–Crippen MR) is 118 cm³/mol. The van der Waals surface area contributed by atoms with Gasteiger partial charge in [0.2, 0.25) is 0 Å². The molecule has 2 spiro atoms. The van der Waals surface area contributed by atoms with Crippen molar-refractivity contribution in [2.75, 3.05) is 27.8 Å². The van der Waals surface area contributed by atoms with Gasteiger partial charge >= 0.3 is 0 Å². The maximum Gasteiger partial charge on any atom is 0.166 e. The van der Waals surface area contributed by atoms with Gasteiger partial charge in [0.1, 0.15) is 11.5 Å². The Morgan fingerprint density at radius 2 is 1.78 bits per heavy atom. The molecule has 4 bridgehead atoms. The number of piperidine rings is 1. The Morgan fingerprint density at radius 1 is 1.03 bits per heavy atom. The van der Waals surface area contributed by atoms with Crippen molar-refractivity contribution in [1.82, 2.24) is 4.90 Å². The molecule has 6 aliphatic rings. The second-order valence-electron chi connectivity index (χ2n) is 10.1. The fourth-order valence-electron chi connectivity index (χ4n) is 8.44. The average molecular weight is 434 g/mol. The van der Waals surface area contributed by atoms with Gasteiger partial charge in [0.25, 0.3) is 0 Å². The number of aromatic hydroxyl groups is 2. The molecule has 2 aromatic rings. The minimum atomic E-state index is -1.06. The Morgan fingerprint density at radius 3 is 2.50 bits per heavy atom. The second kappa shape index (κ2) is 5.26. The molecule has 2 aromatic carbocycles. The van der Waals surface area contributed by atoms with Crippen molar-refractivity contribution in [1.29, 1.82) is 0 Å². The number of rotatable bonds is 2. The lowest BCUT2D eigenvalue weighted by molar-refractivity contribution is -0.202. The summed E-state index contributed by atoms with van der Waals surface area (Å²) in [6.45, 7) is 3.03. The number of hydrogen-bond acceptors (Lipinski definition) is 6. The summed E-state index contributed by atoms with van der Waals surface area (Å²) in [6.07, 6.45) is 5.99. The first-order valence-corrected chi connectivity index (χ1v) is 11.2. The lowest BCUT2D eigenvalue weighted by atomic mass is 9.34. The summed E-state index contributed by atoms with van der Waals surface area (Å²) in [6, 6.07) is 7.44. The number of likely N-dealkylation sites (tertiary alicyclic amines) is 1. The van der Waals surface area contributed by atoms with Crippen LogP contribution in [0.4, 0.5) is 0 Å². The van der Waals surface area contributed by atoms with Gasteiger partial charge in [-0.05, 0) is 63.2 Å². The van der Waals surface area contributed by atoms with E-state index in [0.29, 0.717) is 11.3 Å². The van der Waals surface area contributed by atoms with Crippen molar-refractivity contribution in [2.24, 2.45) is 0 Å². The zero-order valence-corrected chi connectivity index (χ0v) is 18.7. The second-order valence-corrected chi connectivity index (χ2v) is 10.1. The van der Waals surface area contributed by atoms with E-state index in [1.54, 1.807) is 26.4 Å². The third kappa shape index (κ3) is 1.47. The molecule has 2 heterocycles. The van der Waals surface area contributed by atoms with Gasteiger partial charge in [-0.1, -0.05) is 12.1 Å². The van der Waals surface area contributed by atoms with Gasteiger partial charge in [-0.3, -0.25) is 0 Å². The Labute approximate surface area is 187 Å². The van der Waals surface area contributed by atoms with Crippen LogP contribution in [0.2, 0.25) is 0 Å². The van der Waals surface area contributed by atoms with Crippen LogP contribution in [-0.4, -0.2) is 54.6 Å². The van der Waals surface area contributed by atoms with E-state index < -0.39 is 22.0 Å². The van der Waals surface area contributed by atoms with Crippen LogP contribution >= 0.6 is 0 Å². The molecular weight excluding hydrogens is 406 g/mol. The van der Waals surface area contributed by atoms with E-state index in [9.17, 15) is 10.2 Å². The highest BCUT2D eigenvalue weighted by Crippen LogP contribution is 2.79. The van der Waals surface area contributed by atoms with Crippen molar-refractivity contribution in [3.8, 4) is 23.0 Å². The van der Waals surface area contributed by atoms with Crippen LogP contribution in [0.5, 0.6) is 23.0 Å². The first kappa shape index (κ1) is 18.8. The van der Waals surface area contributed by atoms with Gasteiger partial charge in [-0.25, -0.2) is 0 Å². The average Bonchev–Trinajstić information content (AvgIpc) is 3.08. The van der Waals surface area contributed by atoms with Crippen molar-refractivity contribution >= 4 is 0 Å². The molecule has 1 fully saturated rings. The molecule has 6 nitrogen and oxygen atoms in total. The number of methoxy groups -OCH3 is 2. The summed E-state index contributed by atoms with van der Waals surface area (Å²) in [5, 5.41) is 22.5. The lowest BCUT2D eigenvalue weighted by Crippen LogP contribution is -2.82. The van der Waals surface area contributed by atoms with Crippen LogP contribution in [0, 0.1) is 0 Å². The van der Waals surface area contributed by atoms with E-state index in [2.05, 4.69) is 37.1 Å². The molecule has 0 unspecified atom stereocenters. The third-order valence-electron chi connectivity index (χ3n) is 9.55. The minimum Gasteiger partial charge on any atom is -0.508 e. The predicted octanol–water partition coefficient (Wildman–Crippen LogP) is 3.12. The van der Waals surface area contributed by atoms with Gasteiger partial charge in [0.15, 0.2) is 22.7 Å². The zero-order chi connectivity index (χ0) is 22.3. The van der Waals surface area contributed by atoms with Gasteiger partial charge in [-0.2, -0.15) is 0 Å². The summed E-state index contributed by atoms with van der Waals surface area (Å²) < 4.78 is 19.1. The van der Waals surface area contributed by atoms with E-state index in [1.165, 1.54) is 11.1 Å². The molecule has 2 aliphatic heterocycles. The van der Waals surface area contributed by atoms with Gasteiger partial charge in [-0.15, -0.1) is 0 Å². The Kier molecular flexibility index (Phi) is 3.10. The largest absolute Gasteiger partial charge is 0.508 e. The molecule has 6 heteroatoms. The topological polar surface area (TPSA) is 71.4 Å². The monoisotopic (exact) mass is 433 g/mol. The quantitative estimate of drug-likeness (QED) is 0.560. The molecule has 5 atom stereocenters. The summed E-state index contributed by atoms with van der Waals surface area (Å²) in [4.78, 5) is 2.40. The van der Waals surface area contributed by atoms with E-state index in [-0.39, 0.29) is 17.5 Å². The molecule has 0 saturated carbocycles. The number of likely N-dealkylation sites (N-methyl/N-ethyl adjacent to an activating group) is 1. The molecule has 0 amide bonds. The van der Waals surface area contributed by atoms with Crippen LogP contribution in [-0.2, 0) is 27.6 Å². The van der Waals surface area contributed by atoms with Crippen LogP contribution in [0.15, 0.2) is 36.4 Å². The van der Waals surface area contributed by atoms with Gasteiger partial charge in [0.05, 0.1) is 12.5 Å². The van der Waals surface area contributed by atoms with Crippen LogP contribution in [0.25, 0.3) is 0 Å². The van der Waals surface area contributed by atoms with E-state index >= 15 is 0 Å². The normalized spacial score (nSPS) is 39.4. The highest BCUT2D eigenvalue weighted by Gasteiger charge is 2.84. The highest BCUT2D eigenvalue weighted by molar-refractivity contribution is 5.76. The zero-order valence-electron chi connectivity index (χ0n) is 18.7. The number of phenols is 2. The summed E-state index contributed by atoms with van der Waals surface area (Å²) in [5.74, 6) is 1.81. The molecule has 2 N–H and O–H groups in total. The Bertz CT molecular complexity index is 1260. The lowest BCUT2D eigenvalue weighted by Gasteiger charge is -2.72.